The van der Waals surface area contributed by atoms with Crippen LogP contribution in [0.5, 0.6) is 0 Å². The Bertz CT molecular complexity index is 1040. The lowest BCUT2D eigenvalue weighted by Gasteiger charge is -2.28. The highest BCUT2D eigenvalue weighted by atomic mass is 35.5. The Morgan fingerprint density at radius 1 is 0.969 bits per heavy atom. The van der Waals surface area contributed by atoms with E-state index in [0.717, 1.165) is 11.3 Å². The number of rotatable bonds is 10. The molecule has 3 rings (SSSR count). The van der Waals surface area contributed by atoms with Gasteiger partial charge in [0.15, 0.2) is 0 Å². The molecule has 0 spiro atoms. The summed E-state index contributed by atoms with van der Waals surface area (Å²) < 4.78 is 7.16. The first-order valence-corrected chi connectivity index (χ1v) is 10.8. The Morgan fingerprint density at radius 3 is 2.41 bits per heavy atom. The fourth-order valence-electron chi connectivity index (χ4n) is 3.41. The van der Waals surface area contributed by atoms with Gasteiger partial charge in [0.2, 0.25) is 5.91 Å². The van der Waals surface area contributed by atoms with Crippen LogP contribution in [0.2, 0.25) is 5.02 Å². The molecular weight excluding hydrogens is 426 g/mol. The predicted molar refractivity (Wildman–Crippen MR) is 125 cm³/mol. The number of nitrogens with zero attached hydrogens (tertiary/aromatic N) is 3. The number of aromatic nitrogens is 1. The third-order valence-corrected chi connectivity index (χ3v) is 5.46. The minimum Gasteiger partial charge on any atom is -0.383 e. The normalized spacial score (nSPS) is 10.7. The summed E-state index contributed by atoms with van der Waals surface area (Å²) in [6.07, 6.45) is 1.95. The summed E-state index contributed by atoms with van der Waals surface area (Å²) in [5, 5.41) is 0.475. The van der Waals surface area contributed by atoms with E-state index in [-0.39, 0.29) is 18.4 Å². The van der Waals surface area contributed by atoms with Crippen molar-refractivity contribution in [1.82, 2.24) is 14.4 Å². The van der Waals surface area contributed by atoms with Gasteiger partial charge in [0, 0.05) is 49.7 Å². The number of hydrogen-bond acceptors (Lipinski definition) is 3. The Labute approximate surface area is 194 Å². The van der Waals surface area contributed by atoms with Gasteiger partial charge >= 0.3 is 0 Å². The maximum absolute atomic E-state index is 13.4. The van der Waals surface area contributed by atoms with E-state index in [4.69, 9.17) is 16.3 Å². The summed E-state index contributed by atoms with van der Waals surface area (Å²) in [6, 6.07) is 20.5. The van der Waals surface area contributed by atoms with Gasteiger partial charge in [-0.3, -0.25) is 9.59 Å². The van der Waals surface area contributed by atoms with Gasteiger partial charge in [-0.15, -0.1) is 0 Å². The standard InChI is InChI=1S/C25H28ClN3O3/c1-27-13-7-12-23(27)18-29(17-20-8-4-3-5-9-20)24(30)19-28(14-15-32-2)25(31)21-10-6-11-22(26)16-21/h3-13,16H,14-15,17-19H2,1-2H3. The molecule has 0 unspecified atom stereocenters. The van der Waals surface area contributed by atoms with Gasteiger partial charge in [0.25, 0.3) is 5.91 Å². The lowest BCUT2D eigenvalue weighted by atomic mass is 10.2. The summed E-state index contributed by atoms with van der Waals surface area (Å²) in [5.74, 6) is -0.391. The molecule has 2 amide bonds. The maximum atomic E-state index is 13.4. The first-order chi connectivity index (χ1) is 15.5. The number of carbonyl (C=O) groups is 2. The average Bonchev–Trinajstić information content (AvgIpc) is 3.20. The van der Waals surface area contributed by atoms with Crippen LogP contribution in [0, 0.1) is 0 Å². The van der Waals surface area contributed by atoms with Crippen LogP contribution in [-0.4, -0.2) is 53.0 Å². The first-order valence-electron chi connectivity index (χ1n) is 10.4. The number of aryl methyl sites for hydroxylation is 1. The molecule has 32 heavy (non-hydrogen) atoms. The quantitative estimate of drug-likeness (QED) is 0.466. The van der Waals surface area contributed by atoms with Crippen LogP contribution in [0.4, 0.5) is 0 Å². The van der Waals surface area contributed by atoms with Crippen molar-refractivity contribution in [3.63, 3.8) is 0 Å². The van der Waals surface area contributed by atoms with Crippen molar-refractivity contribution in [3.8, 4) is 0 Å². The number of ether oxygens (including phenoxy) is 1. The van der Waals surface area contributed by atoms with Gasteiger partial charge < -0.3 is 19.1 Å². The fourth-order valence-corrected chi connectivity index (χ4v) is 3.60. The van der Waals surface area contributed by atoms with Gasteiger partial charge in [-0.25, -0.2) is 0 Å². The number of hydrogen-bond donors (Lipinski definition) is 0. The van der Waals surface area contributed by atoms with Crippen LogP contribution in [0.25, 0.3) is 0 Å². The second-order valence-corrected chi connectivity index (χ2v) is 8.01. The van der Waals surface area contributed by atoms with Gasteiger partial charge in [-0.2, -0.15) is 0 Å². The van der Waals surface area contributed by atoms with E-state index in [1.165, 1.54) is 4.90 Å². The molecule has 0 atom stereocenters. The van der Waals surface area contributed by atoms with E-state index in [9.17, 15) is 9.59 Å². The molecule has 0 saturated heterocycles. The van der Waals surface area contributed by atoms with Gasteiger partial charge in [0.05, 0.1) is 13.2 Å². The van der Waals surface area contributed by atoms with E-state index in [2.05, 4.69) is 0 Å². The smallest absolute Gasteiger partial charge is 0.254 e. The number of halogens is 1. The summed E-state index contributed by atoms with van der Waals surface area (Å²) in [7, 11) is 3.52. The topological polar surface area (TPSA) is 54.8 Å². The molecule has 1 heterocycles. The Morgan fingerprint density at radius 2 is 1.75 bits per heavy atom. The predicted octanol–water partition coefficient (Wildman–Crippen LogP) is 4.00. The van der Waals surface area contributed by atoms with Crippen LogP contribution in [0.15, 0.2) is 72.9 Å². The zero-order valence-corrected chi connectivity index (χ0v) is 19.2. The van der Waals surface area contributed by atoms with Crippen molar-refractivity contribution in [1.29, 1.82) is 0 Å². The molecule has 0 saturated carbocycles. The van der Waals surface area contributed by atoms with Gasteiger partial charge in [-0.1, -0.05) is 48.0 Å². The molecule has 0 fully saturated rings. The molecule has 7 heteroatoms. The summed E-state index contributed by atoms with van der Waals surface area (Å²) in [4.78, 5) is 29.8. The lowest BCUT2D eigenvalue weighted by molar-refractivity contribution is -0.133. The molecule has 2 aromatic carbocycles. The van der Waals surface area contributed by atoms with Gasteiger partial charge in [-0.05, 0) is 35.9 Å². The Hall–Kier alpha value is -3.09. The van der Waals surface area contributed by atoms with Crippen LogP contribution >= 0.6 is 11.6 Å². The molecule has 6 nitrogen and oxygen atoms in total. The minimum atomic E-state index is -0.253. The van der Waals surface area contributed by atoms with Crippen LogP contribution in [0.1, 0.15) is 21.6 Å². The van der Waals surface area contributed by atoms with Gasteiger partial charge in [0.1, 0.15) is 6.54 Å². The molecule has 1 aromatic heterocycles. The van der Waals surface area contributed by atoms with E-state index < -0.39 is 0 Å². The summed E-state index contributed by atoms with van der Waals surface area (Å²) >= 11 is 6.07. The molecule has 0 bridgehead atoms. The number of benzene rings is 2. The second-order valence-electron chi connectivity index (χ2n) is 7.58. The van der Waals surface area contributed by atoms with Crippen molar-refractivity contribution in [2.24, 2.45) is 7.05 Å². The average molecular weight is 454 g/mol. The molecule has 0 aliphatic carbocycles. The monoisotopic (exact) mass is 453 g/mol. The molecule has 3 aromatic rings. The first kappa shape index (κ1) is 23.6. The van der Waals surface area contributed by atoms with E-state index in [1.807, 2.05) is 60.3 Å². The van der Waals surface area contributed by atoms with Crippen LogP contribution < -0.4 is 0 Å². The zero-order chi connectivity index (χ0) is 22.9. The molecular formula is C25H28ClN3O3. The third-order valence-electron chi connectivity index (χ3n) is 5.22. The van der Waals surface area contributed by atoms with Crippen molar-refractivity contribution in [2.45, 2.75) is 13.1 Å². The lowest BCUT2D eigenvalue weighted by Crippen LogP contribution is -2.44. The molecule has 0 N–H and O–H groups in total. The van der Waals surface area contributed by atoms with E-state index in [1.54, 1.807) is 36.3 Å². The van der Waals surface area contributed by atoms with Crippen LogP contribution in [0.3, 0.4) is 0 Å². The Kier molecular flexibility index (Phi) is 8.48. The third kappa shape index (κ3) is 6.45. The second kappa shape index (κ2) is 11.5. The Balaban J connectivity index is 1.81. The SMILES string of the molecule is COCCN(CC(=O)N(Cc1ccccc1)Cc1cccn1C)C(=O)c1cccc(Cl)c1. The highest BCUT2D eigenvalue weighted by Gasteiger charge is 2.23. The molecule has 0 aliphatic heterocycles. The van der Waals surface area contributed by atoms with E-state index >= 15 is 0 Å². The fraction of sp³-hybridized carbons (Fsp3) is 0.280. The number of methoxy groups -OCH3 is 1. The largest absolute Gasteiger partial charge is 0.383 e. The van der Waals surface area contributed by atoms with Crippen molar-refractivity contribution in [3.05, 3.63) is 94.8 Å². The summed E-state index contributed by atoms with van der Waals surface area (Å²) in [6.45, 7) is 1.48. The zero-order valence-electron chi connectivity index (χ0n) is 18.4. The van der Waals surface area contributed by atoms with Crippen molar-refractivity contribution >= 4 is 23.4 Å². The minimum absolute atomic E-state index is 0.0496. The summed E-state index contributed by atoms with van der Waals surface area (Å²) in [5.41, 5.74) is 2.48. The molecule has 0 radical (unpaired) electrons. The maximum Gasteiger partial charge on any atom is 0.254 e. The highest BCUT2D eigenvalue weighted by Crippen LogP contribution is 2.15. The molecule has 168 valence electrons. The van der Waals surface area contributed by atoms with E-state index in [0.29, 0.717) is 36.8 Å². The number of carbonyl (C=O) groups excluding carboxylic acids is 2. The number of amides is 2. The van der Waals surface area contributed by atoms with Crippen molar-refractivity contribution < 1.29 is 14.3 Å². The highest BCUT2D eigenvalue weighted by molar-refractivity contribution is 6.31. The van der Waals surface area contributed by atoms with Crippen molar-refractivity contribution in [2.75, 3.05) is 26.8 Å². The van der Waals surface area contributed by atoms with Crippen LogP contribution in [-0.2, 0) is 29.7 Å². The molecule has 0 aliphatic rings.